The molecule has 1 heterocycles. The zero-order valence-corrected chi connectivity index (χ0v) is 9.75. The SMILES string of the molecule is COCCN1C(=O)N(COC)C(OC)C1O. The maximum Gasteiger partial charge on any atom is 0.326 e. The Balaban J connectivity index is 2.70. The maximum absolute atomic E-state index is 11.9. The second-order valence-electron chi connectivity index (χ2n) is 3.40. The quantitative estimate of drug-likeness (QED) is 0.655. The van der Waals surface area contributed by atoms with Crippen molar-refractivity contribution in [3.63, 3.8) is 0 Å². The number of rotatable bonds is 6. The first-order valence-corrected chi connectivity index (χ1v) is 4.93. The number of aliphatic hydroxyl groups excluding tert-OH is 1. The predicted molar refractivity (Wildman–Crippen MR) is 54.5 cm³/mol. The fourth-order valence-electron chi connectivity index (χ4n) is 1.64. The first kappa shape index (κ1) is 13.2. The van der Waals surface area contributed by atoms with Crippen LogP contribution in [-0.4, -0.2) is 74.6 Å². The van der Waals surface area contributed by atoms with Crippen LogP contribution in [0.3, 0.4) is 0 Å². The van der Waals surface area contributed by atoms with Crippen LogP contribution >= 0.6 is 0 Å². The Morgan fingerprint density at radius 3 is 2.44 bits per heavy atom. The largest absolute Gasteiger partial charge is 0.383 e. The van der Waals surface area contributed by atoms with E-state index in [0.29, 0.717) is 13.2 Å². The Labute approximate surface area is 94.5 Å². The third-order valence-corrected chi connectivity index (χ3v) is 2.42. The summed E-state index contributed by atoms with van der Waals surface area (Å²) in [4.78, 5) is 14.5. The van der Waals surface area contributed by atoms with Gasteiger partial charge in [0.25, 0.3) is 0 Å². The van der Waals surface area contributed by atoms with E-state index in [4.69, 9.17) is 14.2 Å². The second-order valence-corrected chi connectivity index (χ2v) is 3.40. The van der Waals surface area contributed by atoms with Crippen molar-refractivity contribution >= 4 is 6.03 Å². The van der Waals surface area contributed by atoms with E-state index in [2.05, 4.69) is 0 Å². The molecule has 0 aromatic rings. The summed E-state index contributed by atoms with van der Waals surface area (Å²) < 4.78 is 14.8. The zero-order chi connectivity index (χ0) is 12.1. The van der Waals surface area contributed by atoms with Crippen molar-refractivity contribution in [3.05, 3.63) is 0 Å². The van der Waals surface area contributed by atoms with Crippen molar-refractivity contribution in [2.24, 2.45) is 0 Å². The Kier molecular flexibility index (Phi) is 4.94. The summed E-state index contributed by atoms with van der Waals surface area (Å²) in [5.41, 5.74) is 0. The number of urea groups is 1. The number of ether oxygens (including phenoxy) is 3. The Morgan fingerprint density at radius 1 is 1.25 bits per heavy atom. The van der Waals surface area contributed by atoms with E-state index in [1.807, 2.05) is 0 Å². The van der Waals surface area contributed by atoms with Gasteiger partial charge in [-0.05, 0) is 0 Å². The molecule has 0 aliphatic carbocycles. The molecule has 0 spiro atoms. The van der Waals surface area contributed by atoms with Crippen LogP contribution < -0.4 is 0 Å². The number of carbonyl (C=O) groups is 1. The predicted octanol–water partition coefficient (Wildman–Crippen LogP) is -0.735. The monoisotopic (exact) mass is 234 g/mol. The first-order chi connectivity index (χ1) is 7.67. The molecule has 16 heavy (non-hydrogen) atoms. The van der Waals surface area contributed by atoms with E-state index in [9.17, 15) is 9.90 Å². The van der Waals surface area contributed by atoms with E-state index >= 15 is 0 Å². The second kappa shape index (κ2) is 6.00. The standard InChI is InChI=1S/C9H18N2O5/c1-14-5-4-10-7(12)8(16-3)11(6-15-2)9(10)13/h7-8,12H,4-6H2,1-3H3. The summed E-state index contributed by atoms with van der Waals surface area (Å²) in [5.74, 6) is 0. The van der Waals surface area contributed by atoms with Gasteiger partial charge in [-0.25, -0.2) is 4.79 Å². The highest BCUT2D eigenvalue weighted by Gasteiger charge is 2.44. The number of hydrogen-bond donors (Lipinski definition) is 1. The van der Waals surface area contributed by atoms with Crippen molar-refractivity contribution in [2.75, 3.05) is 41.2 Å². The topological polar surface area (TPSA) is 71.5 Å². The van der Waals surface area contributed by atoms with Gasteiger partial charge in [-0.2, -0.15) is 0 Å². The lowest BCUT2D eigenvalue weighted by Crippen LogP contribution is -2.39. The van der Waals surface area contributed by atoms with Crippen LogP contribution in [0.1, 0.15) is 0 Å². The van der Waals surface area contributed by atoms with Gasteiger partial charge in [0.15, 0.2) is 12.5 Å². The minimum Gasteiger partial charge on any atom is -0.383 e. The molecule has 1 fully saturated rings. The van der Waals surface area contributed by atoms with Gasteiger partial charge in [-0.3, -0.25) is 9.80 Å². The number of nitrogens with zero attached hydrogens (tertiary/aromatic N) is 2. The summed E-state index contributed by atoms with van der Waals surface area (Å²) in [6, 6.07) is -0.321. The van der Waals surface area contributed by atoms with Crippen LogP contribution in [-0.2, 0) is 14.2 Å². The molecular formula is C9H18N2O5. The Hall–Kier alpha value is -0.890. The molecule has 1 N–H and O–H groups in total. The highest BCUT2D eigenvalue weighted by atomic mass is 16.5. The van der Waals surface area contributed by atoms with E-state index in [0.717, 1.165) is 0 Å². The third-order valence-electron chi connectivity index (χ3n) is 2.42. The molecule has 0 radical (unpaired) electrons. The van der Waals surface area contributed by atoms with Crippen molar-refractivity contribution in [1.82, 2.24) is 9.80 Å². The van der Waals surface area contributed by atoms with Crippen LogP contribution in [0.4, 0.5) is 4.79 Å². The normalized spacial score (nSPS) is 25.6. The number of methoxy groups -OCH3 is 3. The summed E-state index contributed by atoms with van der Waals surface area (Å²) in [5, 5.41) is 9.87. The summed E-state index contributed by atoms with van der Waals surface area (Å²) in [6.07, 6.45) is -1.70. The van der Waals surface area contributed by atoms with Gasteiger partial charge in [-0.15, -0.1) is 0 Å². The summed E-state index contributed by atoms with van der Waals surface area (Å²) in [7, 11) is 4.45. The van der Waals surface area contributed by atoms with E-state index in [-0.39, 0.29) is 12.8 Å². The number of carbonyl (C=O) groups excluding carboxylic acids is 1. The maximum atomic E-state index is 11.9. The van der Waals surface area contributed by atoms with Crippen LogP contribution in [0.2, 0.25) is 0 Å². The molecule has 0 aromatic heterocycles. The van der Waals surface area contributed by atoms with E-state index in [1.54, 1.807) is 0 Å². The molecule has 7 nitrogen and oxygen atoms in total. The van der Waals surface area contributed by atoms with Gasteiger partial charge in [-0.1, -0.05) is 0 Å². The lowest BCUT2D eigenvalue weighted by Gasteiger charge is -2.21. The number of amides is 2. The average Bonchev–Trinajstić information content (AvgIpc) is 2.50. The smallest absolute Gasteiger partial charge is 0.326 e. The van der Waals surface area contributed by atoms with Gasteiger partial charge in [0.05, 0.1) is 6.61 Å². The molecule has 1 aliphatic heterocycles. The zero-order valence-electron chi connectivity index (χ0n) is 9.75. The summed E-state index contributed by atoms with van der Waals surface area (Å²) in [6.45, 7) is 0.758. The van der Waals surface area contributed by atoms with Crippen LogP contribution in [0.25, 0.3) is 0 Å². The molecule has 2 amide bonds. The molecule has 1 rings (SSSR count). The number of hydrogen-bond acceptors (Lipinski definition) is 5. The lowest BCUT2D eigenvalue weighted by atomic mass is 10.4. The lowest BCUT2D eigenvalue weighted by molar-refractivity contribution is -0.108. The van der Waals surface area contributed by atoms with Gasteiger partial charge in [0.2, 0.25) is 0 Å². The molecule has 0 saturated carbocycles. The molecule has 0 aromatic carbocycles. The van der Waals surface area contributed by atoms with Gasteiger partial charge < -0.3 is 19.3 Å². The van der Waals surface area contributed by atoms with Gasteiger partial charge in [0, 0.05) is 27.9 Å². The van der Waals surface area contributed by atoms with E-state index in [1.165, 1.54) is 31.1 Å². The molecule has 1 aliphatic rings. The minimum atomic E-state index is -0.997. The Morgan fingerprint density at radius 2 is 1.94 bits per heavy atom. The van der Waals surface area contributed by atoms with Crippen molar-refractivity contribution in [3.8, 4) is 0 Å². The fraction of sp³-hybridized carbons (Fsp3) is 0.889. The molecule has 7 heteroatoms. The van der Waals surface area contributed by atoms with Crippen LogP contribution in [0.5, 0.6) is 0 Å². The molecule has 2 unspecified atom stereocenters. The molecular weight excluding hydrogens is 216 g/mol. The van der Waals surface area contributed by atoms with Crippen molar-refractivity contribution in [2.45, 2.75) is 12.5 Å². The number of aliphatic hydroxyl groups is 1. The fourth-order valence-corrected chi connectivity index (χ4v) is 1.64. The molecule has 94 valence electrons. The van der Waals surface area contributed by atoms with E-state index < -0.39 is 12.5 Å². The van der Waals surface area contributed by atoms with Crippen molar-refractivity contribution in [1.29, 1.82) is 0 Å². The highest BCUT2D eigenvalue weighted by molar-refractivity contribution is 5.77. The highest BCUT2D eigenvalue weighted by Crippen LogP contribution is 2.21. The minimum absolute atomic E-state index is 0.0812. The molecule has 0 bridgehead atoms. The first-order valence-electron chi connectivity index (χ1n) is 4.93. The van der Waals surface area contributed by atoms with Gasteiger partial charge >= 0.3 is 6.03 Å². The Bertz CT molecular complexity index is 238. The van der Waals surface area contributed by atoms with Crippen LogP contribution in [0, 0.1) is 0 Å². The van der Waals surface area contributed by atoms with Gasteiger partial charge in [0.1, 0.15) is 6.73 Å². The molecule has 2 atom stereocenters. The van der Waals surface area contributed by atoms with Crippen LogP contribution in [0.15, 0.2) is 0 Å². The molecule has 1 saturated heterocycles. The third kappa shape index (κ3) is 2.43. The average molecular weight is 234 g/mol. The van der Waals surface area contributed by atoms with Crippen molar-refractivity contribution < 1.29 is 24.1 Å². The summed E-state index contributed by atoms with van der Waals surface area (Å²) >= 11 is 0.